The number of pyridine rings is 1. The van der Waals surface area contributed by atoms with Crippen molar-refractivity contribution in [3.8, 4) is 0 Å². The predicted octanol–water partition coefficient (Wildman–Crippen LogP) is 5.02. The molecule has 1 aliphatic rings. The molecule has 1 fully saturated rings. The van der Waals surface area contributed by atoms with Crippen LogP contribution in [0.2, 0.25) is 0 Å². The van der Waals surface area contributed by atoms with Gasteiger partial charge in [-0.15, -0.1) is 0 Å². The molecule has 0 atom stereocenters. The number of carbonyl (C=O) groups excluding carboxylic acids is 2. The minimum atomic E-state index is -0.507. The van der Waals surface area contributed by atoms with E-state index in [1.54, 1.807) is 11.1 Å². The van der Waals surface area contributed by atoms with Gasteiger partial charge in [0.05, 0.1) is 11.9 Å². The van der Waals surface area contributed by atoms with Crippen LogP contribution in [0.25, 0.3) is 0 Å². The topological polar surface area (TPSA) is 80.8 Å². The Hall–Kier alpha value is -3.09. The molecular formula is C24H31N3O4. The highest BCUT2D eigenvalue weighted by molar-refractivity contribution is 5.84. The molecule has 1 N–H and O–H groups in total. The summed E-state index contributed by atoms with van der Waals surface area (Å²) in [5.74, 6) is 0.473. The summed E-state index contributed by atoms with van der Waals surface area (Å²) in [6.45, 7) is 7.26. The van der Waals surface area contributed by atoms with E-state index >= 15 is 0 Å². The number of aromatic nitrogens is 1. The van der Waals surface area contributed by atoms with Gasteiger partial charge in [0.25, 0.3) is 0 Å². The number of likely N-dealkylation sites (tertiary alicyclic amines) is 1. The number of carbonyl (C=O) groups is 2. The lowest BCUT2D eigenvalue weighted by Crippen LogP contribution is -2.42. The highest BCUT2D eigenvalue weighted by atomic mass is 16.6. The van der Waals surface area contributed by atoms with Crippen molar-refractivity contribution in [1.29, 1.82) is 0 Å². The average molecular weight is 426 g/mol. The third kappa shape index (κ3) is 7.59. The number of nitrogens with one attached hydrogen (secondary N) is 1. The lowest BCUT2D eigenvalue weighted by Gasteiger charge is -2.33. The number of benzene rings is 1. The summed E-state index contributed by atoms with van der Waals surface area (Å²) in [6.07, 6.45) is 3.60. The molecule has 7 nitrogen and oxygen atoms in total. The Balaban J connectivity index is 1.40. The van der Waals surface area contributed by atoms with Crippen molar-refractivity contribution in [3.63, 3.8) is 0 Å². The van der Waals surface area contributed by atoms with E-state index < -0.39 is 11.7 Å². The number of ether oxygens (including phenoxy) is 2. The molecular weight excluding hydrogens is 394 g/mol. The minimum absolute atomic E-state index is 0.222. The third-order valence-corrected chi connectivity index (χ3v) is 5.05. The quantitative estimate of drug-likeness (QED) is 0.727. The van der Waals surface area contributed by atoms with E-state index in [9.17, 15) is 9.59 Å². The Bertz CT molecular complexity index is 855. The largest absolute Gasteiger partial charge is 0.444 e. The van der Waals surface area contributed by atoms with Crippen LogP contribution in [-0.2, 0) is 22.5 Å². The van der Waals surface area contributed by atoms with Crippen LogP contribution in [0.3, 0.4) is 0 Å². The maximum absolute atomic E-state index is 12.2. The zero-order valence-electron chi connectivity index (χ0n) is 18.5. The molecule has 1 aliphatic heterocycles. The first-order valence-corrected chi connectivity index (χ1v) is 10.7. The van der Waals surface area contributed by atoms with Crippen LogP contribution >= 0.6 is 0 Å². The maximum atomic E-state index is 12.2. The van der Waals surface area contributed by atoms with E-state index in [1.165, 1.54) is 0 Å². The lowest BCUT2D eigenvalue weighted by molar-refractivity contribution is 0.0184. The summed E-state index contributed by atoms with van der Waals surface area (Å²) in [5.41, 5.74) is 2.03. The van der Waals surface area contributed by atoms with Gasteiger partial charge in [-0.2, -0.15) is 0 Å². The van der Waals surface area contributed by atoms with Crippen LogP contribution in [0.5, 0.6) is 0 Å². The van der Waals surface area contributed by atoms with Gasteiger partial charge in [0.2, 0.25) is 0 Å². The van der Waals surface area contributed by atoms with Gasteiger partial charge in [0.15, 0.2) is 0 Å². The smallest absolute Gasteiger partial charge is 0.412 e. The summed E-state index contributed by atoms with van der Waals surface area (Å²) < 4.78 is 10.7. The second-order valence-electron chi connectivity index (χ2n) is 8.84. The normalized spacial score (nSPS) is 14.7. The van der Waals surface area contributed by atoms with E-state index in [4.69, 9.17) is 9.47 Å². The Morgan fingerprint density at radius 2 is 1.81 bits per heavy atom. The summed E-state index contributed by atoms with van der Waals surface area (Å²) in [5, 5.41) is 2.70. The SMILES string of the molecule is CC(C)(C)OC(=O)N1CCC(Cc2ccc(NC(=O)OCc3ccccc3)cn2)CC1. The highest BCUT2D eigenvalue weighted by Gasteiger charge is 2.27. The molecule has 166 valence electrons. The van der Waals surface area contributed by atoms with Gasteiger partial charge in [-0.25, -0.2) is 9.59 Å². The van der Waals surface area contributed by atoms with Crippen molar-refractivity contribution in [2.45, 2.75) is 52.2 Å². The Labute approximate surface area is 183 Å². The molecule has 0 saturated carbocycles. The molecule has 2 heterocycles. The number of piperidine rings is 1. The van der Waals surface area contributed by atoms with Gasteiger partial charge in [0.1, 0.15) is 12.2 Å². The van der Waals surface area contributed by atoms with Crippen molar-refractivity contribution in [2.75, 3.05) is 18.4 Å². The number of hydrogen-bond donors (Lipinski definition) is 1. The van der Waals surface area contributed by atoms with Crippen LogP contribution in [0, 0.1) is 5.92 Å². The Kier molecular flexibility index (Phi) is 7.50. The van der Waals surface area contributed by atoms with Gasteiger partial charge in [-0.05, 0) is 63.6 Å². The average Bonchev–Trinajstić information content (AvgIpc) is 2.74. The lowest BCUT2D eigenvalue weighted by atomic mass is 9.92. The second-order valence-corrected chi connectivity index (χ2v) is 8.84. The number of hydrogen-bond acceptors (Lipinski definition) is 5. The van der Waals surface area contributed by atoms with E-state index in [0.717, 1.165) is 30.5 Å². The zero-order valence-corrected chi connectivity index (χ0v) is 18.5. The van der Waals surface area contributed by atoms with Crippen LogP contribution in [0.15, 0.2) is 48.7 Å². The van der Waals surface area contributed by atoms with E-state index in [0.29, 0.717) is 24.7 Å². The highest BCUT2D eigenvalue weighted by Crippen LogP contribution is 2.23. The van der Waals surface area contributed by atoms with Gasteiger partial charge in [-0.1, -0.05) is 30.3 Å². The molecule has 0 bridgehead atoms. The molecule has 1 saturated heterocycles. The number of rotatable bonds is 5. The first-order chi connectivity index (χ1) is 14.8. The second kappa shape index (κ2) is 10.3. The molecule has 2 amide bonds. The van der Waals surface area contributed by atoms with Gasteiger partial charge in [-0.3, -0.25) is 10.3 Å². The first kappa shape index (κ1) is 22.6. The molecule has 1 aromatic carbocycles. The van der Waals surface area contributed by atoms with Crippen molar-refractivity contribution >= 4 is 17.9 Å². The first-order valence-electron chi connectivity index (χ1n) is 10.7. The fraction of sp³-hybridized carbons (Fsp3) is 0.458. The van der Waals surface area contributed by atoms with Gasteiger partial charge in [0, 0.05) is 18.8 Å². The number of anilines is 1. The Morgan fingerprint density at radius 3 is 2.42 bits per heavy atom. The molecule has 0 radical (unpaired) electrons. The van der Waals surface area contributed by atoms with Crippen LogP contribution in [0.4, 0.5) is 15.3 Å². The van der Waals surface area contributed by atoms with Gasteiger partial charge >= 0.3 is 12.2 Å². The van der Waals surface area contributed by atoms with Crippen molar-refractivity contribution in [3.05, 3.63) is 59.9 Å². The molecule has 0 spiro atoms. The predicted molar refractivity (Wildman–Crippen MR) is 119 cm³/mol. The van der Waals surface area contributed by atoms with Crippen LogP contribution in [-0.4, -0.2) is 40.8 Å². The fourth-order valence-corrected chi connectivity index (χ4v) is 3.44. The van der Waals surface area contributed by atoms with E-state index in [-0.39, 0.29) is 12.7 Å². The van der Waals surface area contributed by atoms with Crippen LogP contribution in [0.1, 0.15) is 44.9 Å². The summed E-state index contributed by atoms with van der Waals surface area (Å²) in [4.78, 5) is 30.4. The molecule has 3 rings (SSSR count). The summed E-state index contributed by atoms with van der Waals surface area (Å²) in [7, 11) is 0. The monoisotopic (exact) mass is 425 g/mol. The third-order valence-electron chi connectivity index (χ3n) is 5.05. The zero-order chi connectivity index (χ0) is 22.3. The van der Waals surface area contributed by atoms with Crippen molar-refractivity contribution < 1.29 is 19.1 Å². The van der Waals surface area contributed by atoms with Crippen molar-refractivity contribution in [1.82, 2.24) is 9.88 Å². The Morgan fingerprint density at radius 1 is 1.10 bits per heavy atom. The maximum Gasteiger partial charge on any atom is 0.412 e. The van der Waals surface area contributed by atoms with Gasteiger partial charge < -0.3 is 14.4 Å². The standard InChI is InChI=1S/C24H31N3O4/c1-24(2,3)31-23(29)27-13-11-18(12-14-27)15-20-9-10-21(16-25-20)26-22(28)30-17-19-7-5-4-6-8-19/h4-10,16,18H,11-15,17H2,1-3H3,(H,26,28). The van der Waals surface area contributed by atoms with E-state index in [1.807, 2.05) is 63.2 Å². The molecule has 1 aromatic heterocycles. The molecule has 7 heteroatoms. The molecule has 0 unspecified atom stereocenters. The number of amides is 2. The molecule has 31 heavy (non-hydrogen) atoms. The fourth-order valence-electron chi connectivity index (χ4n) is 3.44. The summed E-state index contributed by atoms with van der Waals surface area (Å²) in [6, 6.07) is 13.3. The molecule has 0 aliphatic carbocycles. The van der Waals surface area contributed by atoms with Crippen LogP contribution < -0.4 is 5.32 Å². The number of nitrogens with zero attached hydrogens (tertiary/aromatic N) is 2. The minimum Gasteiger partial charge on any atom is -0.444 e. The summed E-state index contributed by atoms with van der Waals surface area (Å²) >= 11 is 0. The van der Waals surface area contributed by atoms with Crippen molar-refractivity contribution in [2.24, 2.45) is 5.92 Å². The van der Waals surface area contributed by atoms with E-state index in [2.05, 4.69) is 10.3 Å². The molecule has 2 aromatic rings.